The average molecular weight is 402 g/mol. The van der Waals surface area contributed by atoms with Crippen LogP contribution in [-0.4, -0.2) is 23.6 Å². The predicted octanol–water partition coefficient (Wildman–Crippen LogP) is 3.40. The molecule has 8 heteroatoms. The summed E-state index contributed by atoms with van der Waals surface area (Å²) in [6, 6.07) is 12.4. The fraction of sp³-hybridized carbons (Fsp3) is 0.105. The van der Waals surface area contributed by atoms with Gasteiger partial charge < -0.3 is 15.8 Å². The minimum absolute atomic E-state index is 0.179. The monoisotopic (exact) mass is 401 g/mol. The molecule has 2 amide bonds. The molecule has 1 fully saturated rings. The van der Waals surface area contributed by atoms with Gasteiger partial charge in [0.25, 0.3) is 11.8 Å². The predicted molar refractivity (Wildman–Crippen MR) is 108 cm³/mol. The summed E-state index contributed by atoms with van der Waals surface area (Å²) in [4.78, 5) is 27.9. The van der Waals surface area contributed by atoms with E-state index in [9.17, 15) is 9.59 Å². The zero-order valence-corrected chi connectivity index (χ0v) is 15.9. The first-order valence-corrected chi connectivity index (χ1v) is 9.17. The summed E-state index contributed by atoms with van der Waals surface area (Å²) in [7, 11) is 0. The number of hydrogen-bond donors (Lipinski definition) is 2. The fourth-order valence-corrected chi connectivity index (χ4v) is 3.28. The van der Waals surface area contributed by atoms with E-state index in [0.717, 1.165) is 11.1 Å². The summed E-state index contributed by atoms with van der Waals surface area (Å²) in [5.74, 6) is -0.229. The first kappa shape index (κ1) is 19.0. The van der Waals surface area contributed by atoms with Crippen molar-refractivity contribution in [1.29, 1.82) is 0 Å². The molecule has 1 heterocycles. The zero-order valence-electron chi connectivity index (χ0n) is 14.4. The van der Waals surface area contributed by atoms with Crippen molar-refractivity contribution in [3.8, 4) is 5.75 Å². The molecular formula is C19H16ClN3O3S. The summed E-state index contributed by atoms with van der Waals surface area (Å²) in [6.45, 7) is 1.70. The van der Waals surface area contributed by atoms with E-state index in [0.29, 0.717) is 26.5 Å². The Labute approximate surface area is 165 Å². The summed E-state index contributed by atoms with van der Waals surface area (Å²) in [5.41, 5.74) is 7.42. The third-order valence-electron chi connectivity index (χ3n) is 3.67. The van der Waals surface area contributed by atoms with Crippen LogP contribution in [-0.2, 0) is 9.59 Å². The van der Waals surface area contributed by atoms with Crippen LogP contribution in [0.3, 0.4) is 0 Å². The van der Waals surface area contributed by atoms with Gasteiger partial charge in [-0.2, -0.15) is 0 Å². The molecule has 6 nitrogen and oxygen atoms in total. The van der Waals surface area contributed by atoms with Crippen molar-refractivity contribution in [3.63, 3.8) is 0 Å². The molecule has 0 saturated carbocycles. The normalized spacial score (nSPS) is 16.6. The number of primary amides is 1. The first-order valence-electron chi connectivity index (χ1n) is 7.98. The van der Waals surface area contributed by atoms with E-state index in [1.165, 1.54) is 11.8 Å². The van der Waals surface area contributed by atoms with Crippen molar-refractivity contribution in [2.45, 2.75) is 6.92 Å². The van der Waals surface area contributed by atoms with Crippen molar-refractivity contribution < 1.29 is 14.3 Å². The van der Waals surface area contributed by atoms with Crippen LogP contribution >= 0.6 is 23.4 Å². The Morgan fingerprint density at radius 2 is 2.04 bits per heavy atom. The second-order valence-electron chi connectivity index (χ2n) is 5.69. The quantitative estimate of drug-likeness (QED) is 0.751. The number of aliphatic imine (C=N–C) groups is 1. The standard InChI is InChI=1S/C19H16ClN3O3S/c1-11-14(20)3-2-4-15(11)22-19-23-18(25)16(27-19)9-12-5-7-13(8-6-12)26-10-17(21)24/h2-9H,10H2,1H3,(H2,21,24)(H,22,23,25)/b16-9-. The summed E-state index contributed by atoms with van der Waals surface area (Å²) < 4.78 is 5.21. The van der Waals surface area contributed by atoms with Crippen molar-refractivity contribution >= 4 is 52.1 Å². The molecule has 2 aromatic rings. The third-order valence-corrected chi connectivity index (χ3v) is 4.99. The summed E-state index contributed by atoms with van der Waals surface area (Å²) >= 11 is 7.36. The van der Waals surface area contributed by atoms with Gasteiger partial charge in [-0.15, -0.1) is 0 Å². The number of nitrogens with two attached hydrogens (primary N) is 1. The molecule has 3 rings (SSSR count). The Bertz CT molecular complexity index is 955. The van der Waals surface area contributed by atoms with Crippen molar-refractivity contribution in [2.24, 2.45) is 10.7 Å². The largest absolute Gasteiger partial charge is 0.484 e. The molecule has 0 aromatic heterocycles. The molecule has 0 unspecified atom stereocenters. The maximum atomic E-state index is 12.2. The highest BCUT2D eigenvalue weighted by atomic mass is 35.5. The molecule has 138 valence electrons. The van der Waals surface area contributed by atoms with Gasteiger partial charge in [-0.05, 0) is 60.2 Å². The van der Waals surface area contributed by atoms with Crippen LogP contribution in [0.25, 0.3) is 6.08 Å². The Morgan fingerprint density at radius 1 is 1.30 bits per heavy atom. The molecule has 0 radical (unpaired) electrons. The van der Waals surface area contributed by atoms with E-state index in [4.69, 9.17) is 22.1 Å². The van der Waals surface area contributed by atoms with Gasteiger partial charge >= 0.3 is 0 Å². The SMILES string of the molecule is Cc1c(Cl)cccc1N=C1NC(=O)/C(=C/c2ccc(OCC(N)=O)cc2)S1. The van der Waals surface area contributed by atoms with Crippen LogP contribution in [0, 0.1) is 6.92 Å². The maximum absolute atomic E-state index is 12.2. The number of carbonyl (C=O) groups excluding carboxylic acids is 2. The van der Waals surface area contributed by atoms with Crippen LogP contribution in [0.15, 0.2) is 52.4 Å². The van der Waals surface area contributed by atoms with Crippen molar-refractivity contribution in [2.75, 3.05) is 6.61 Å². The number of benzene rings is 2. The van der Waals surface area contributed by atoms with E-state index < -0.39 is 5.91 Å². The van der Waals surface area contributed by atoms with Gasteiger partial charge in [0.2, 0.25) is 0 Å². The lowest BCUT2D eigenvalue weighted by Crippen LogP contribution is -2.20. The van der Waals surface area contributed by atoms with Crippen LogP contribution in [0.5, 0.6) is 5.75 Å². The number of ether oxygens (including phenoxy) is 1. The number of halogens is 1. The molecule has 0 aliphatic carbocycles. The van der Waals surface area contributed by atoms with Gasteiger partial charge in [0, 0.05) is 5.02 Å². The first-order chi connectivity index (χ1) is 12.9. The highest BCUT2D eigenvalue weighted by molar-refractivity contribution is 8.18. The Balaban J connectivity index is 1.74. The van der Waals surface area contributed by atoms with Gasteiger partial charge in [0.05, 0.1) is 10.6 Å². The van der Waals surface area contributed by atoms with Crippen LogP contribution < -0.4 is 15.8 Å². The van der Waals surface area contributed by atoms with Gasteiger partial charge in [-0.1, -0.05) is 29.8 Å². The van der Waals surface area contributed by atoms with Crippen molar-refractivity contribution in [1.82, 2.24) is 5.32 Å². The maximum Gasteiger partial charge on any atom is 0.264 e. The topological polar surface area (TPSA) is 93.8 Å². The minimum atomic E-state index is -0.540. The van der Waals surface area contributed by atoms with E-state index in [1.807, 2.05) is 19.1 Å². The fourth-order valence-electron chi connectivity index (χ4n) is 2.27. The molecule has 0 bridgehead atoms. The number of carbonyl (C=O) groups is 2. The molecule has 27 heavy (non-hydrogen) atoms. The number of rotatable bonds is 5. The molecule has 0 atom stereocenters. The molecule has 3 N–H and O–H groups in total. The minimum Gasteiger partial charge on any atom is -0.484 e. The van der Waals surface area contributed by atoms with Crippen LogP contribution in [0.2, 0.25) is 5.02 Å². The second-order valence-corrected chi connectivity index (χ2v) is 7.13. The zero-order chi connectivity index (χ0) is 19.4. The van der Waals surface area contributed by atoms with Gasteiger partial charge in [0.15, 0.2) is 11.8 Å². The molecule has 0 spiro atoms. The van der Waals surface area contributed by atoms with E-state index in [-0.39, 0.29) is 12.5 Å². The number of amidine groups is 1. The van der Waals surface area contributed by atoms with Gasteiger partial charge in [-0.3, -0.25) is 9.59 Å². The van der Waals surface area contributed by atoms with Crippen molar-refractivity contribution in [3.05, 3.63) is 63.5 Å². The number of amides is 2. The summed E-state index contributed by atoms with van der Waals surface area (Å²) in [5, 5.41) is 3.87. The second kappa shape index (κ2) is 8.28. The van der Waals surface area contributed by atoms with Gasteiger partial charge in [-0.25, -0.2) is 4.99 Å². The molecular weight excluding hydrogens is 386 g/mol. The highest BCUT2D eigenvalue weighted by Crippen LogP contribution is 2.31. The number of nitrogens with one attached hydrogen (secondary N) is 1. The third kappa shape index (κ3) is 4.90. The van der Waals surface area contributed by atoms with E-state index in [2.05, 4.69) is 10.3 Å². The van der Waals surface area contributed by atoms with Crippen LogP contribution in [0.4, 0.5) is 5.69 Å². The molecule has 2 aromatic carbocycles. The molecule has 1 aliphatic heterocycles. The lowest BCUT2D eigenvalue weighted by Gasteiger charge is -2.03. The van der Waals surface area contributed by atoms with Crippen LogP contribution in [0.1, 0.15) is 11.1 Å². The number of thioether (sulfide) groups is 1. The number of hydrogen-bond acceptors (Lipinski definition) is 5. The Hall–Kier alpha value is -2.77. The summed E-state index contributed by atoms with van der Waals surface area (Å²) in [6.07, 6.45) is 1.76. The van der Waals surface area contributed by atoms with E-state index >= 15 is 0 Å². The molecule has 1 saturated heterocycles. The highest BCUT2D eigenvalue weighted by Gasteiger charge is 2.24. The number of nitrogens with zero attached hydrogens (tertiary/aromatic N) is 1. The lowest BCUT2D eigenvalue weighted by molar-refractivity contribution is -0.120. The van der Waals surface area contributed by atoms with Gasteiger partial charge in [0.1, 0.15) is 5.75 Å². The Morgan fingerprint density at radius 3 is 2.74 bits per heavy atom. The average Bonchev–Trinajstić information content (AvgIpc) is 2.97. The molecule has 1 aliphatic rings. The van der Waals surface area contributed by atoms with E-state index in [1.54, 1.807) is 36.4 Å². The lowest BCUT2D eigenvalue weighted by atomic mass is 10.2. The Kier molecular flexibility index (Phi) is 5.83. The smallest absolute Gasteiger partial charge is 0.264 e.